The zero-order valence-electron chi connectivity index (χ0n) is 14.0. The average molecular weight is 411 g/mol. The van der Waals surface area contributed by atoms with Gasteiger partial charge in [0.2, 0.25) is 9.84 Å². The molecule has 6 nitrogen and oxygen atoms in total. The number of halogens is 2. The first kappa shape index (κ1) is 18.6. The van der Waals surface area contributed by atoms with Crippen LogP contribution in [0.5, 0.6) is 0 Å². The van der Waals surface area contributed by atoms with E-state index in [4.69, 9.17) is 34.7 Å². The van der Waals surface area contributed by atoms with Crippen molar-refractivity contribution in [2.24, 2.45) is 0 Å². The Labute approximate surface area is 161 Å². The van der Waals surface area contributed by atoms with E-state index in [9.17, 15) is 8.42 Å². The lowest BCUT2D eigenvalue weighted by Crippen LogP contribution is -2.08. The smallest absolute Gasteiger partial charge is 0.213 e. The normalized spacial score (nSPS) is 11.7. The third kappa shape index (κ3) is 3.02. The summed E-state index contributed by atoms with van der Waals surface area (Å²) in [5, 5.41) is 4.34. The Hall–Kier alpha value is -2.22. The molecule has 0 bridgehead atoms. The van der Waals surface area contributed by atoms with Gasteiger partial charge in [-0.15, -0.1) is 0 Å². The fourth-order valence-corrected chi connectivity index (χ4v) is 4.91. The molecule has 0 amide bonds. The Bertz CT molecular complexity index is 1110. The van der Waals surface area contributed by atoms with Crippen LogP contribution in [0.4, 0.5) is 11.5 Å². The van der Waals surface area contributed by atoms with Gasteiger partial charge in [-0.25, -0.2) is 13.1 Å². The van der Waals surface area contributed by atoms with Crippen LogP contribution in [-0.4, -0.2) is 18.2 Å². The summed E-state index contributed by atoms with van der Waals surface area (Å²) in [5.74, 6) is -0.00429. The molecule has 2 aromatic carbocycles. The number of nitrogen functional groups attached to an aromatic ring is 2. The standard InChI is InChI=1S/C17H16Cl2N4O2S/c1-9-3-5-11(6-4-9)23-17(21)16(10(2)22-23)26(24,25)15-8-12(18)14(20)7-13(15)19/h3-8H,20-21H2,1-2H3. The monoisotopic (exact) mass is 410 g/mol. The maximum atomic E-state index is 13.1. The summed E-state index contributed by atoms with van der Waals surface area (Å²) in [6.07, 6.45) is 0. The lowest BCUT2D eigenvalue weighted by Gasteiger charge is -2.09. The Morgan fingerprint density at radius 2 is 1.62 bits per heavy atom. The Balaban J connectivity index is 2.21. The van der Waals surface area contributed by atoms with Crippen molar-refractivity contribution >= 4 is 44.5 Å². The largest absolute Gasteiger partial charge is 0.397 e. The highest BCUT2D eigenvalue weighted by Gasteiger charge is 2.30. The topological polar surface area (TPSA) is 104 Å². The third-order valence-electron chi connectivity index (χ3n) is 3.93. The van der Waals surface area contributed by atoms with E-state index in [0.29, 0.717) is 5.69 Å². The molecule has 0 spiro atoms. The number of rotatable bonds is 3. The van der Waals surface area contributed by atoms with E-state index in [-0.39, 0.29) is 37.0 Å². The first-order chi connectivity index (χ1) is 12.1. The lowest BCUT2D eigenvalue weighted by atomic mass is 10.2. The number of anilines is 2. The molecule has 0 fully saturated rings. The van der Waals surface area contributed by atoms with Crippen molar-refractivity contribution < 1.29 is 8.42 Å². The van der Waals surface area contributed by atoms with Crippen molar-refractivity contribution in [3.05, 3.63) is 57.7 Å². The minimum atomic E-state index is -4.05. The molecule has 136 valence electrons. The summed E-state index contributed by atoms with van der Waals surface area (Å²) in [5.41, 5.74) is 14.0. The van der Waals surface area contributed by atoms with Gasteiger partial charge in [0, 0.05) is 0 Å². The van der Waals surface area contributed by atoms with E-state index in [1.165, 1.54) is 16.8 Å². The quantitative estimate of drug-likeness (QED) is 0.638. The fraction of sp³-hybridized carbons (Fsp3) is 0.118. The first-order valence-electron chi connectivity index (χ1n) is 7.54. The molecule has 1 aromatic heterocycles. The minimum Gasteiger partial charge on any atom is -0.397 e. The van der Waals surface area contributed by atoms with Crippen LogP contribution >= 0.6 is 23.2 Å². The predicted octanol–water partition coefficient (Wildman–Crippen LogP) is 3.79. The summed E-state index contributed by atoms with van der Waals surface area (Å²) < 4.78 is 27.7. The average Bonchev–Trinajstić information content (AvgIpc) is 2.86. The summed E-state index contributed by atoms with van der Waals surface area (Å²) in [6.45, 7) is 3.52. The fourth-order valence-electron chi connectivity index (χ4n) is 2.61. The van der Waals surface area contributed by atoms with E-state index >= 15 is 0 Å². The molecule has 0 atom stereocenters. The lowest BCUT2D eigenvalue weighted by molar-refractivity contribution is 0.596. The molecule has 0 aliphatic carbocycles. The number of nitrogens with two attached hydrogens (primary N) is 2. The second kappa shape index (κ2) is 6.50. The van der Waals surface area contributed by atoms with Gasteiger partial charge in [0.05, 0.1) is 32.0 Å². The molecule has 9 heteroatoms. The molecule has 3 rings (SSSR count). The molecule has 26 heavy (non-hydrogen) atoms. The Kier molecular flexibility index (Phi) is 4.64. The van der Waals surface area contributed by atoms with E-state index in [1.807, 2.05) is 31.2 Å². The van der Waals surface area contributed by atoms with Gasteiger partial charge in [-0.2, -0.15) is 5.10 Å². The highest BCUT2D eigenvalue weighted by Crippen LogP contribution is 2.37. The molecule has 3 aromatic rings. The van der Waals surface area contributed by atoms with Crippen LogP contribution in [0.25, 0.3) is 5.69 Å². The van der Waals surface area contributed by atoms with Crippen LogP contribution < -0.4 is 11.5 Å². The molecule has 4 N–H and O–H groups in total. The number of aromatic nitrogens is 2. The minimum absolute atomic E-state index is 0.00429. The van der Waals surface area contributed by atoms with Gasteiger partial charge < -0.3 is 11.5 Å². The maximum absolute atomic E-state index is 13.1. The number of hydrogen-bond donors (Lipinski definition) is 2. The van der Waals surface area contributed by atoms with Gasteiger partial charge >= 0.3 is 0 Å². The predicted molar refractivity (Wildman–Crippen MR) is 104 cm³/mol. The van der Waals surface area contributed by atoms with E-state index in [2.05, 4.69) is 5.10 Å². The Morgan fingerprint density at radius 3 is 2.23 bits per heavy atom. The summed E-state index contributed by atoms with van der Waals surface area (Å²) in [4.78, 5) is -0.280. The van der Waals surface area contributed by atoms with Crippen molar-refractivity contribution in [1.82, 2.24) is 9.78 Å². The second-order valence-corrected chi connectivity index (χ2v) is 8.52. The second-order valence-electron chi connectivity index (χ2n) is 5.85. The van der Waals surface area contributed by atoms with E-state index in [0.717, 1.165) is 5.56 Å². The summed E-state index contributed by atoms with van der Waals surface area (Å²) in [6, 6.07) is 9.90. The molecular formula is C17H16Cl2N4O2S. The molecule has 0 saturated carbocycles. The van der Waals surface area contributed by atoms with Crippen molar-refractivity contribution in [2.45, 2.75) is 23.6 Å². The van der Waals surface area contributed by atoms with Crippen LogP contribution in [-0.2, 0) is 9.84 Å². The van der Waals surface area contributed by atoms with Gasteiger partial charge in [-0.05, 0) is 38.1 Å². The van der Waals surface area contributed by atoms with Gasteiger partial charge in [0.15, 0.2) is 0 Å². The van der Waals surface area contributed by atoms with Crippen LogP contribution in [0, 0.1) is 13.8 Å². The highest BCUT2D eigenvalue weighted by molar-refractivity contribution is 7.91. The molecule has 0 radical (unpaired) electrons. The molecule has 0 saturated heterocycles. The van der Waals surface area contributed by atoms with Gasteiger partial charge in [-0.1, -0.05) is 40.9 Å². The van der Waals surface area contributed by atoms with Crippen LogP contribution in [0.3, 0.4) is 0 Å². The maximum Gasteiger partial charge on any atom is 0.213 e. The summed E-state index contributed by atoms with van der Waals surface area (Å²) >= 11 is 12.1. The third-order valence-corrected chi connectivity index (χ3v) is 6.64. The van der Waals surface area contributed by atoms with Crippen LogP contribution in [0.2, 0.25) is 10.0 Å². The number of hydrogen-bond acceptors (Lipinski definition) is 5. The van der Waals surface area contributed by atoms with Crippen molar-refractivity contribution in [3.63, 3.8) is 0 Å². The molecule has 0 aliphatic rings. The molecule has 0 aliphatic heterocycles. The number of aryl methyl sites for hydroxylation is 2. The van der Waals surface area contributed by atoms with Crippen LogP contribution in [0.1, 0.15) is 11.3 Å². The number of sulfone groups is 1. The zero-order chi connectivity index (χ0) is 19.2. The number of benzene rings is 2. The SMILES string of the molecule is Cc1ccc(-n2nc(C)c(S(=O)(=O)c3cc(Cl)c(N)cc3Cl)c2N)cc1. The zero-order valence-corrected chi connectivity index (χ0v) is 16.3. The summed E-state index contributed by atoms with van der Waals surface area (Å²) in [7, 11) is -4.05. The van der Waals surface area contributed by atoms with Crippen molar-refractivity contribution in [2.75, 3.05) is 11.5 Å². The van der Waals surface area contributed by atoms with Gasteiger partial charge in [0.25, 0.3) is 0 Å². The molecular weight excluding hydrogens is 395 g/mol. The first-order valence-corrected chi connectivity index (χ1v) is 9.78. The van der Waals surface area contributed by atoms with E-state index in [1.54, 1.807) is 6.92 Å². The number of nitrogens with zero attached hydrogens (tertiary/aromatic N) is 2. The van der Waals surface area contributed by atoms with Gasteiger partial charge in [-0.3, -0.25) is 0 Å². The van der Waals surface area contributed by atoms with Crippen molar-refractivity contribution in [3.8, 4) is 5.69 Å². The molecule has 1 heterocycles. The Morgan fingerprint density at radius 1 is 1.00 bits per heavy atom. The van der Waals surface area contributed by atoms with Gasteiger partial charge in [0.1, 0.15) is 10.7 Å². The highest BCUT2D eigenvalue weighted by atomic mass is 35.5. The van der Waals surface area contributed by atoms with Crippen LogP contribution in [0.15, 0.2) is 46.2 Å². The molecule has 0 unspecified atom stereocenters. The van der Waals surface area contributed by atoms with E-state index < -0.39 is 9.84 Å². The van der Waals surface area contributed by atoms with Crippen molar-refractivity contribution in [1.29, 1.82) is 0 Å².